The largest absolute Gasteiger partial charge is 0.351 e. The number of allylic oxidation sites excluding steroid dienone is 2. The summed E-state index contributed by atoms with van der Waals surface area (Å²) in [6.45, 7) is 5.50. The molecule has 1 aromatic rings. The highest BCUT2D eigenvalue weighted by Gasteiger charge is 2.41. The fourth-order valence-corrected chi connectivity index (χ4v) is 5.34. The Kier molecular flexibility index (Phi) is 7.57. The topological polar surface area (TPSA) is 125 Å². The van der Waals surface area contributed by atoms with Gasteiger partial charge in [0.1, 0.15) is 0 Å². The molecular weight excluding hydrogens is 450 g/mol. The molecule has 4 rings (SSSR count). The fraction of sp³-hybridized carbons (Fsp3) is 0.640. The Labute approximate surface area is 205 Å². The van der Waals surface area contributed by atoms with E-state index in [-0.39, 0.29) is 47.9 Å². The van der Waals surface area contributed by atoms with Crippen LogP contribution in [-0.4, -0.2) is 77.4 Å². The smallest absolute Gasteiger partial charge is 0.292 e. The van der Waals surface area contributed by atoms with E-state index in [2.05, 4.69) is 21.9 Å². The summed E-state index contributed by atoms with van der Waals surface area (Å²) < 4.78 is 5.24. The highest BCUT2D eigenvalue weighted by atomic mass is 16.5. The third kappa shape index (κ3) is 5.57. The molecule has 3 aliphatic heterocycles. The Morgan fingerprint density at radius 1 is 1.17 bits per heavy atom. The Balaban J connectivity index is 1.46. The van der Waals surface area contributed by atoms with Gasteiger partial charge in [-0.3, -0.25) is 19.2 Å². The lowest BCUT2D eigenvalue weighted by Crippen LogP contribution is -2.55. The van der Waals surface area contributed by atoms with Crippen LogP contribution in [0.5, 0.6) is 0 Å². The first-order valence-electron chi connectivity index (χ1n) is 12.5. The minimum absolute atomic E-state index is 0.0158. The van der Waals surface area contributed by atoms with Crippen LogP contribution in [0.3, 0.4) is 0 Å². The first-order chi connectivity index (χ1) is 16.8. The Hall–Kier alpha value is -3.17. The summed E-state index contributed by atoms with van der Waals surface area (Å²) in [5.74, 6) is -0.224. The predicted octanol–water partition coefficient (Wildman–Crippen LogP) is 1.28. The number of fused-ring (bicyclic) bond motifs is 1. The molecule has 35 heavy (non-hydrogen) atoms. The number of aryl methyl sites for hydroxylation is 1. The predicted molar refractivity (Wildman–Crippen MR) is 127 cm³/mol. The SMILES string of the molecule is CCc1cc(C(=O)N2CC[C@H]3NC(=O)CNC(=O)C4(C/C=C/C[C@H]3C2)CCN(C(C)=O)CC4)on1. The summed E-state index contributed by atoms with van der Waals surface area (Å²) >= 11 is 0. The zero-order valence-electron chi connectivity index (χ0n) is 20.5. The molecule has 1 aromatic heterocycles. The minimum Gasteiger partial charge on any atom is -0.351 e. The number of likely N-dealkylation sites (tertiary alicyclic amines) is 2. The van der Waals surface area contributed by atoms with Gasteiger partial charge >= 0.3 is 0 Å². The molecule has 10 nitrogen and oxygen atoms in total. The fourth-order valence-electron chi connectivity index (χ4n) is 5.34. The maximum absolute atomic E-state index is 13.1. The van der Waals surface area contributed by atoms with Gasteiger partial charge in [0.25, 0.3) is 5.91 Å². The Morgan fingerprint density at radius 2 is 1.94 bits per heavy atom. The van der Waals surface area contributed by atoms with Crippen LogP contribution >= 0.6 is 0 Å². The van der Waals surface area contributed by atoms with Gasteiger partial charge in [-0.15, -0.1) is 0 Å². The van der Waals surface area contributed by atoms with Crippen molar-refractivity contribution >= 4 is 23.6 Å². The quantitative estimate of drug-likeness (QED) is 0.608. The van der Waals surface area contributed by atoms with Gasteiger partial charge in [0.2, 0.25) is 23.5 Å². The third-order valence-electron chi connectivity index (χ3n) is 7.67. The van der Waals surface area contributed by atoms with Gasteiger partial charge in [0.15, 0.2) is 0 Å². The molecule has 0 saturated carbocycles. The van der Waals surface area contributed by atoms with Gasteiger partial charge < -0.3 is 25.0 Å². The highest BCUT2D eigenvalue weighted by molar-refractivity contribution is 5.91. The summed E-state index contributed by atoms with van der Waals surface area (Å²) in [5, 5.41) is 9.83. The molecule has 3 aliphatic rings. The van der Waals surface area contributed by atoms with Gasteiger partial charge in [0.05, 0.1) is 17.7 Å². The number of carbonyl (C=O) groups is 4. The molecule has 0 radical (unpaired) electrons. The average Bonchev–Trinajstić information content (AvgIpc) is 3.34. The van der Waals surface area contributed by atoms with Gasteiger partial charge in [-0.25, -0.2) is 0 Å². The number of hydrogen-bond donors (Lipinski definition) is 2. The van der Waals surface area contributed by atoms with E-state index in [0.717, 1.165) is 5.69 Å². The lowest BCUT2D eigenvalue weighted by atomic mass is 9.74. The van der Waals surface area contributed by atoms with Crippen molar-refractivity contribution in [1.82, 2.24) is 25.6 Å². The first-order valence-corrected chi connectivity index (χ1v) is 12.5. The van der Waals surface area contributed by atoms with Crippen molar-refractivity contribution < 1.29 is 23.7 Å². The van der Waals surface area contributed by atoms with Crippen LogP contribution in [0.1, 0.15) is 62.2 Å². The number of nitrogens with zero attached hydrogens (tertiary/aromatic N) is 3. The maximum Gasteiger partial charge on any atom is 0.292 e. The van der Waals surface area contributed by atoms with Gasteiger partial charge in [-0.05, 0) is 38.5 Å². The van der Waals surface area contributed by atoms with Crippen molar-refractivity contribution in [3.05, 3.63) is 29.7 Å². The second-order valence-corrected chi connectivity index (χ2v) is 9.89. The van der Waals surface area contributed by atoms with E-state index in [4.69, 9.17) is 4.52 Å². The summed E-state index contributed by atoms with van der Waals surface area (Å²) in [5.41, 5.74) is 0.119. The van der Waals surface area contributed by atoms with Gasteiger partial charge in [-0.1, -0.05) is 24.2 Å². The van der Waals surface area contributed by atoms with Crippen LogP contribution in [0.4, 0.5) is 0 Å². The van der Waals surface area contributed by atoms with Crippen LogP contribution in [0.25, 0.3) is 0 Å². The van der Waals surface area contributed by atoms with E-state index >= 15 is 0 Å². The molecule has 0 bridgehead atoms. The second kappa shape index (κ2) is 10.6. The van der Waals surface area contributed by atoms with Crippen LogP contribution in [0.15, 0.2) is 22.7 Å². The van der Waals surface area contributed by atoms with E-state index in [1.807, 2.05) is 13.0 Å². The molecule has 2 atom stereocenters. The first kappa shape index (κ1) is 24.9. The molecule has 2 N–H and O–H groups in total. The zero-order valence-corrected chi connectivity index (χ0v) is 20.5. The van der Waals surface area contributed by atoms with Crippen molar-refractivity contribution in [2.24, 2.45) is 11.3 Å². The van der Waals surface area contributed by atoms with Crippen molar-refractivity contribution in [3.8, 4) is 0 Å². The molecule has 2 fully saturated rings. The monoisotopic (exact) mass is 485 g/mol. The maximum atomic E-state index is 13.1. The number of piperidine rings is 2. The van der Waals surface area contributed by atoms with Crippen molar-refractivity contribution in [1.29, 1.82) is 0 Å². The lowest BCUT2D eigenvalue weighted by Gasteiger charge is -2.41. The van der Waals surface area contributed by atoms with Gasteiger partial charge in [-0.2, -0.15) is 0 Å². The summed E-state index contributed by atoms with van der Waals surface area (Å²) in [6.07, 6.45) is 7.81. The van der Waals surface area contributed by atoms with Crippen molar-refractivity contribution in [3.63, 3.8) is 0 Å². The Morgan fingerprint density at radius 3 is 2.63 bits per heavy atom. The number of hydrogen-bond acceptors (Lipinski definition) is 6. The highest BCUT2D eigenvalue weighted by Crippen LogP contribution is 2.36. The lowest BCUT2D eigenvalue weighted by molar-refractivity contribution is -0.140. The van der Waals surface area contributed by atoms with E-state index in [0.29, 0.717) is 64.7 Å². The zero-order chi connectivity index (χ0) is 25.0. The molecule has 10 heteroatoms. The molecule has 1 spiro atoms. The average molecular weight is 486 g/mol. The van der Waals surface area contributed by atoms with Gasteiger partial charge in [0, 0.05) is 51.1 Å². The van der Waals surface area contributed by atoms with E-state index in [1.165, 1.54) is 0 Å². The molecule has 190 valence electrons. The van der Waals surface area contributed by atoms with Crippen molar-refractivity contribution in [2.75, 3.05) is 32.7 Å². The third-order valence-corrected chi connectivity index (χ3v) is 7.67. The normalized spacial score (nSPS) is 26.1. The molecule has 0 aromatic carbocycles. The molecular formula is C25H35N5O5. The van der Waals surface area contributed by atoms with E-state index in [9.17, 15) is 19.2 Å². The molecule has 4 heterocycles. The van der Waals surface area contributed by atoms with Crippen LogP contribution < -0.4 is 10.6 Å². The van der Waals surface area contributed by atoms with Crippen LogP contribution in [-0.2, 0) is 20.8 Å². The number of amides is 4. The second-order valence-electron chi connectivity index (χ2n) is 9.89. The standard InChI is InChI=1S/C25H35N5O5/c1-3-19-14-21(35-28-19)23(33)30-11-7-20-18(16-30)6-4-5-8-25(24(34)26-15-22(32)27-20)9-12-29(13-10-25)17(2)31/h4-5,14,18,20H,3,6-13,15-16H2,1-2H3,(H,26,34)(H,27,32)/b5-4+/t18-,20+/m0/s1. The van der Waals surface area contributed by atoms with Crippen LogP contribution in [0.2, 0.25) is 0 Å². The van der Waals surface area contributed by atoms with E-state index in [1.54, 1.807) is 22.8 Å². The molecule has 0 unspecified atom stereocenters. The van der Waals surface area contributed by atoms with E-state index < -0.39 is 5.41 Å². The Bertz CT molecular complexity index is 994. The molecule has 0 aliphatic carbocycles. The molecule has 4 amide bonds. The number of rotatable bonds is 2. The van der Waals surface area contributed by atoms with Crippen molar-refractivity contribution in [2.45, 2.75) is 58.4 Å². The number of nitrogens with one attached hydrogen (secondary N) is 2. The minimum atomic E-state index is -0.626. The summed E-state index contributed by atoms with van der Waals surface area (Å²) in [4.78, 5) is 54.0. The van der Waals surface area contributed by atoms with Crippen LogP contribution in [0, 0.1) is 11.3 Å². The number of carbonyl (C=O) groups excluding carboxylic acids is 4. The summed E-state index contributed by atoms with van der Waals surface area (Å²) in [7, 11) is 0. The summed E-state index contributed by atoms with van der Waals surface area (Å²) in [6, 6.07) is 1.61. The molecule has 2 saturated heterocycles. The number of aromatic nitrogens is 1.